The maximum absolute atomic E-state index is 8.65. The van der Waals surface area contributed by atoms with Gasteiger partial charge in [0, 0.05) is 19.1 Å². The molecule has 0 atom stereocenters. The minimum Gasteiger partial charge on any atom is -0.375 e. The lowest BCUT2D eigenvalue weighted by molar-refractivity contribution is -0.0936. The smallest absolute Gasteiger partial charge is 0.0717 e. The van der Waals surface area contributed by atoms with E-state index in [1.807, 2.05) is 0 Å². The molecular weight excluding hydrogens is 176 g/mol. The number of likely N-dealkylation sites (tertiary alicyclic amines) is 1. The van der Waals surface area contributed by atoms with Crippen LogP contribution in [-0.2, 0) is 4.74 Å². The second-order valence-electron chi connectivity index (χ2n) is 4.71. The van der Waals surface area contributed by atoms with E-state index in [1.165, 1.54) is 0 Å². The van der Waals surface area contributed by atoms with Crippen LogP contribution in [0.1, 0.15) is 26.7 Å². The van der Waals surface area contributed by atoms with E-state index in [2.05, 4.69) is 24.8 Å². The standard InChI is InChI=1S/C11H18N2O/c1-8(2)14-11-3-10(4-11)13-6-9(5-12)7-13/h8-11H,3-4,6-7H2,1-2H3. The Balaban J connectivity index is 1.63. The molecule has 1 saturated heterocycles. The molecule has 14 heavy (non-hydrogen) atoms. The van der Waals surface area contributed by atoms with E-state index < -0.39 is 0 Å². The minimum atomic E-state index is 0.292. The lowest BCUT2D eigenvalue weighted by Gasteiger charge is -2.49. The fraction of sp³-hybridized carbons (Fsp3) is 0.909. The normalized spacial score (nSPS) is 33.6. The molecular formula is C11H18N2O. The number of hydrogen-bond acceptors (Lipinski definition) is 3. The van der Waals surface area contributed by atoms with Gasteiger partial charge in [-0.2, -0.15) is 5.26 Å². The number of hydrogen-bond donors (Lipinski definition) is 0. The average molecular weight is 194 g/mol. The Morgan fingerprint density at radius 2 is 2.00 bits per heavy atom. The van der Waals surface area contributed by atoms with Crippen LogP contribution in [0.3, 0.4) is 0 Å². The van der Waals surface area contributed by atoms with Crippen molar-refractivity contribution in [3.05, 3.63) is 0 Å². The van der Waals surface area contributed by atoms with Crippen molar-refractivity contribution in [3.63, 3.8) is 0 Å². The maximum atomic E-state index is 8.65. The SMILES string of the molecule is CC(C)OC1CC(N2CC(C#N)C2)C1. The van der Waals surface area contributed by atoms with E-state index in [0.29, 0.717) is 24.2 Å². The van der Waals surface area contributed by atoms with Crippen molar-refractivity contribution >= 4 is 0 Å². The molecule has 1 aliphatic heterocycles. The molecule has 78 valence electrons. The van der Waals surface area contributed by atoms with Gasteiger partial charge in [0.05, 0.1) is 24.2 Å². The van der Waals surface area contributed by atoms with E-state index in [1.54, 1.807) is 0 Å². The molecule has 2 fully saturated rings. The van der Waals surface area contributed by atoms with Crippen molar-refractivity contribution in [2.75, 3.05) is 13.1 Å². The molecule has 0 aromatic heterocycles. The summed E-state index contributed by atoms with van der Waals surface area (Å²) < 4.78 is 5.70. The second kappa shape index (κ2) is 3.88. The minimum absolute atomic E-state index is 0.292. The molecule has 2 aliphatic rings. The molecule has 1 saturated carbocycles. The molecule has 3 heteroatoms. The Kier molecular flexibility index (Phi) is 2.76. The fourth-order valence-electron chi connectivity index (χ4n) is 2.22. The third-order valence-electron chi connectivity index (χ3n) is 3.14. The predicted octanol–water partition coefficient (Wildman–Crippen LogP) is 1.40. The lowest BCUT2D eigenvalue weighted by Crippen LogP contribution is -2.57. The summed E-state index contributed by atoms with van der Waals surface area (Å²) >= 11 is 0. The van der Waals surface area contributed by atoms with Crippen molar-refractivity contribution < 1.29 is 4.74 Å². The fourth-order valence-corrected chi connectivity index (χ4v) is 2.22. The zero-order valence-electron chi connectivity index (χ0n) is 8.94. The summed E-state index contributed by atoms with van der Waals surface area (Å²) in [6, 6.07) is 3.00. The lowest BCUT2D eigenvalue weighted by atomic mass is 9.84. The summed E-state index contributed by atoms with van der Waals surface area (Å²) in [6.45, 7) is 6.14. The quantitative estimate of drug-likeness (QED) is 0.681. The van der Waals surface area contributed by atoms with Gasteiger partial charge in [-0.3, -0.25) is 4.90 Å². The highest BCUT2D eigenvalue weighted by Crippen LogP contribution is 2.33. The first-order chi connectivity index (χ1) is 6.69. The molecule has 0 aromatic rings. The van der Waals surface area contributed by atoms with Crippen LogP contribution in [0.4, 0.5) is 0 Å². The van der Waals surface area contributed by atoms with Crippen LogP contribution >= 0.6 is 0 Å². The van der Waals surface area contributed by atoms with E-state index >= 15 is 0 Å². The number of nitriles is 1. The van der Waals surface area contributed by atoms with Crippen molar-refractivity contribution in [3.8, 4) is 6.07 Å². The summed E-state index contributed by atoms with van der Waals surface area (Å²) in [5, 5.41) is 8.65. The summed E-state index contributed by atoms with van der Waals surface area (Å²) in [7, 11) is 0. The Bertz CT molecular complexity index is 234. The van der Waals surface area contributed by atoms with Gasteiger partial charge in [-0.1, -0.05) is 0 Å². The maximum Gasteiger partial charge on any atom is 0.0717 e. The van der Waals surface area contributed by atoms with Gasteiger partial charge in [0.15, 0.2) is 0 Å². The zero-order chi connectivity index (χ0) is 10.1. The predicted molar refractivity (Wildman–Crippen MR) is 53.7 cm³/mol. The van der Waals surface area contributed by atoms with Gasteiger partial charge in [0.25, 0.3) is 0 Å². The van der Waals surface area contributed by atoms with Crippen molar-refractivity contribution in [1.82, 2.24) is 4.90 Å². The topological polar surface area (TPSA) is 36.3 Å². The van der Waals surface area contributed by atoms with E-state index in [-0.39, 0.29) is 0 Å². The van der Waals surface area contributed by atoms with Gasteiger partial charge in [0.1, 0.15) is 0 Å². The highest BCUT2D eigenvalue weighted by Gasteiger charge is 2.40. The van der Waals surface area contributed by atoms with Gasteiger partial charge < -0.3 is 4.74 Å². The molecule has 1 aliphatic carbocycles. The third kappa shape index (κ3) is 1.92. The largest absolute Gasteiger partial charge is 0.375 e. The highest BCUT2D eigenvalue weighted by atomic mass is 16.5. The average Bonchev–Trinajstić information content (AvgIpc) is 1.96. The Morgan fingerprint density at radius 1 is 1.36 bits per heavy atom. The first-order valence-electron chi connectivity index (χ1n) is 5.48. The Labute approximate surface area is 85.6 Å². The van der Waals surface area contributed by atoms with E-state index in [9.17, 15) is 0 Å². The Morgan fingerprint density at radius 3 is 2.50 bits per heavy atom. The van der Waals surface area contributed by atoms with E-state index in [4.69, 9.17) is 10.00 Å². The third-order valence-corrected chi connectivity index (χ3v) is 3.14. The summed E-state index contributed by atoms with van der Waals surface area (Å²) in [5.74, 6) is 0.292. The van der Waals surface area contributed by atoms with Crippen LogP contribution in [-0.4, -0.2) is 36.2 Å². The highest BCUT2D eigenvalue weighted by molar-refractivity contribution is 5.00. The van der Waals surface area contributed by atoms with E-state index in [0.717, 1.165) is 25.9 Å². The van der Waals surface area contributed by atoms with Gasteiger partial charge in [0.2, 0.25) is 0 Å². The van der Waals surface area contributed by atoms with Gasteiger partial charge >= 0.3 is 0 Å². The van der Waals surface area contributed by atoms with Crippen molar-refractivity contribution in [2.45, 2.75) is 44.9 Å². The zero-order valence-corrected chi connectivity index (χ0v) is 8.94. The Hall–Kier alpha value is -0.590. The second-order valence-corrected chi connectivity index (χ2v) is 4.71. The number of rotatable bonds is 3. The molecule has 0 aromatic carbocycles. The molecule has 0 spiro atoms. The number of nitrogens with zero attached hydrogens (tertiary/aromatic N) is 2. The van der Waals surface area contributed by atoms with Gasteiger partial charge in [-0.05, 0) is 26.7 Å². The number of ether oxygens (including phenoxy) is 1. The monoisotopic (exact) mass is 194 g/mol. The van der Waals surface area contributed by atoms with Crippen LogP contribution < -0.4 is 0 Å². The molecule has 0 amide bonds. The molecule has 3 nitrogen and oxygen atoms in total. The molecule has 0 unspecified atom stereocenters. The molecule has 0 N–H and O–H groups in total. The van der Waals surface area contributed by atoms with Crippen LogP contribution in [0, 0.1) is 17.2 Å². The molecule has 2 rings (SSSR count). The summed E-state index contributed by atoms with van der Waals surface area (Å²) in [6.07, 6.45) is 3.15. The first-order valence-corrected chi connectivity index (χ1v) is 5.48. The van der Waals surface area contributed by atoms with Crippen molar-refractivity contribution in [1.29, 1.82) is 5.26 Å². The van der Waals surface area contributed by atoms with Crippen LogP contribution in [0.25, 0.3) is 0 Å². The first kappa shape index (κ1) is 9.95. The van der Waals surface area contributed by atoms with Crippen LogP contribution in [0.15, 0.2) is 0 Å². The molecule has 0 radical (unpaired) electrons. The van der Waals surface area contributed by atoms with Crippen LogP contribution in [0.2, 0.25) is 0 Å². The van der Waals surface area contributed by atoms with Gasteiger partial charge in [-0.25, -0.2) is 0 Å². The van der Waals surface area contributed by atoms with Crippen LogP contribution in [0.5, 0.6) is 0 Å². The molecule has 1 heterocycles. The van der Waals surface area contributed by atoms with Crippen molar-refractivity contribution in [2.24, 2.45) is 5.92 Å². The molecule has 0 bridgehead atoms. The summed E-state index contributed by atoms with van der Waals surface area (Å²) in [5.41, 5.74) is 0. The summed E-state index contributed by atoms with van der Waals surface area (Å²) in [4.78, 5) is 2.41. The van der Waals surface area contributed by atoms with Gasteiger partial charge in [-0.15, -0.1) is 0 Å².